The topological polar surface area (TPSA) is 120 Å². The Morgan fingerprint density at radius 3 is 2.71 bits per heavy atom. The molecule has 0 radical (unpaired) electrons. The molecule has 0 aromatic carbocycles. The minimum Gasteiger partial charge on any atom is -0.362 e. The van der Waals surface area contributed by atoms with Crippen LogP contribution in [0.4, 0.5) is 0 Å². The summed E-state index contributed by atoms with van der Waals surface area (Å²) in [4.78, 5) is 25.3. The zero-order valence-electron chi connectivity index (χ0n) is 11.3. The number of hydrogen-bond donors (Lipinski definition) is 1. The van der Waals surface area contributed by atoms with Crippen LogP contribution in [0, 0.1) is 6.92 Å². The van der Waals surface area contributed by atoms with Gasteiger partial charge in [0.1, 0.15) is 18.3 Å². The first-order valence-electron chi connectivity index (χ1n) is 6.23. The van der Waals surface area contributed by atoms with E-state index in [0.717, 1.165) is 6.26 Å². The SMILES string of the molecule is Cc1cn([C@@H]2O[C@H](COS(C)(=O)=O)[C@H]3O[C@H]32)c(=O)[nH]c1=O. The molecule has 21 heavy (non-hydrogen) atoms. The lowest BCUT2D eigenvalue weighted by Gasteiger charge is -2.19. The van der Waals surface area contributed by atoms with Crippen molar-refractivity contribution >= 4 is 10.1 Å². The molecule has 0 aliphatic carbocycles. The molecule has 1 aromatic heterocycles. The van der Waals surface area contributed by atoms with Crippen LogP contribution in [0.3, 0.4) is 0 Å². The van der Waals surface area contributed by atoms with E-state index in [4.69, 9.17) is 9.47 Å². The fourth-order valence-corrected chi connectivity index (χ4v) is 2.70. The standard InChI is InChI=1S/C11H14N2O7S/c1-5-3-13(11(15)12-9(5)14)10-8-7(20-8)6(19-10)4-18-21(2,16)17/h3,6-8,10H,4H2,1-2H3,(H,12,14,15)/t6-,7-,8-,10-/m1/s1. The first-order valence-corrected chi connectivity index (χ1v) is 8.05. The van der Waals surface area contributed by atoms with Gasteiger partial charge in [-0.15, -0.1) is 0 Å². The summed E-state index contributed by atoms with van der Waals surface area (Å²) in [5.41, 5.74) is -0.694. The largest absolute Gasteiger partial charge is 0.362 e. The van der Waals surface area contributed by atoms with E-state index in [-0.39, 0.29) is 18.8 Å². The molecule has 0 saturated carbocycles. The molecule has 2 saturated heterocycles. The number of aromatic amines is 1. The first kappa shape index (κ1) is 14.4. The van der Waals surface area contributed by atoms with Crippen molar-refractivity contribution in [1.82, 2.24) is 9.55 Å². The second-order valence-corrected chi connectivity index (χ2v) is 6.74. The highest BCUT2D eigenvalue weighted by Gasteiger charge is 2.59. The van der Waals surface area contributed by atoms with Gasteiger partial charge in [-0.25, -0.2) is 4.79 Å². The summed E-state index contributed by atoms with van der Waals surface area (Å²) in [5.74, 6) is 0. The summed E-state index contributed by atoms with van der Waals surface area (Å²) in [6.45, 7) is 1.40. The van der Waals surface area contributed by atoms with Crippen molar-refractivity contribution < 1.29 is 22.1 Å². The van der Waals surface area contributed by atoms with Gasteiger partial charge in [0.05, 0.1) is 12.9 Å². The maximum atomic E-state index is 11.8. The van der Waals surface area contributed by atoms with E-state index in [1.54, 1.807) is 6.92 Å². The van der Waals surface area contributed by atoms with Crippen molar-refractivity contribution in [3.05, 3.63) is 32.6 Å². The summed E-state index contributed by atoms with van der Waals surface area (Å²) in [6.07, 6.45) is 0.405. The molecule has 10 heteroatoms. The molecule has 3 rings (SSSR count). The lowest BCUT2D eigenvalue weighted by atomic mass is 10.2. The molecule has 0 unspecified atom stereocenters. The zero-order valence-corrected chi connectivity index (χ0v) is 12.1. The molecule has 9 nitrogen and oxygen atoms in total. The second kappa shape index (κ2) is 4.77. The third-order valence-corrected chi connectivity index (χ3v) is 3.95. The number of aryl methyl sites for hydroxylation is 1. The molecule has 0 amide bonds. The van der Waals surface area contributed by atoms with Crippen LogP contribution in [0.5, 0.6) is 0 Å². The fraction of sp³-hybridized carbons (Fsp3) is 0.636. The average molecular weight is 318 g/mol. The van der Waals surface area contributed by atoms with E-state index >= 15 is 0 Å². The maximum Gasteiger partial charge on any atom is 0.330 e. The van der Waals surface area contributed by atoms with Gasteiger partial charge in [-0.2, -0.15) is 8.42 Å². The molecule has 1 aromatic rings. The Kier molecular flexibility index (Phi) is 3.28. The van der Waals surface area contributed by atoms with Crippen molar-refractivity contribution in [2.75, 3.05) is 12.9 Å². The Hall–Kier alpha value is -1.49. The number of aromatic nitrogens is 2. The van der Waals surface area contributed by atoms with Gasteiger partial charge in [0.15, 0.2) is 6.23 Å². The number of fused-ring (bicyclic) bond motifs is 1. The molecule has 0 bridgehead atoms. The lowest BCUT2D eigenvalue weighted by Crippen LogP contribution is -2.35. The van der Waals surface area contributed by atoms with Gasteiger partial charge in [0, 0.05) is 11.8 Å². The molecular formula is C11H14N2O7S. The van der Waals surface area contributed by atoms with E-state index in [9.17, 15) is 18.0 Å². The Morgan fingerprint density at radius 1 is 1.33 bits per heavy atom. The van der Waals surface area contributed by atoms with E-state index in [2.05, 4.69) is 9.17 Å². The first-order chi connectivity index (χ1) is 9.76. The molecule has 2 aliphatic rings. The van der Waals surface area contributed by atoms with Crippen molar-refractivity contribution in [3.8, 4) is 0 Å². The summed E-state index contributed by atoms with van der Waals surface area (Å²) < 4.78 is 38.9. The summed E-state index contributed by atoms with van der Waals surface area (Å²) >= 11 is 0. The maximum absolute atomic E-state index is 11.8. The predicted molar refractivity (Wildman–Crippen MR) is 69.4 cm³/mol. The summed E-state index contributed by atoms with van der Waals surface area (Å²) in [7, 11) is -3.57. The summed E-state index contributed by atoms with van der Waals surface area (Å²) in [6, 6.07) is 0. The van der Waals surface area contributed by atoms with Crippen LogP contribution in [0.25, 0.3) is 0 Å². The van der Waals surface area contributed by atoms with Crippen LogP contribution in [-0.4, -0.2) is 49.1 Å². The minimum absolute atomic E-state index is 0.173. The number of rotatable bonds is 4. The highest BCUT2D eigenvalue weighted by molar-refractivity contribution is 7.85. The molecule has 2 fully saturated rings. The number of nitrogens with zero attached hydrogens (tertiary/aromatic N) is 1. The third kappa shape index (κ3) is 2.79. The normalized spacial score (nSPS) is 31.1. The second-order valence-electron chi connectivity index (χ2n) is 5.10. The highest BCUT2D eigenvalue weighted by atomic mass is 32.2. The monoisotopic (exact) mass is 318 g/mol. The van der Waals surface area contributed by atoms with Crippen LogP contribution in [-0.2, 0) is 23.8 Å². The van der Waals surface area contributed by atoms with Gasteiger partial charge in [0.2, 0.25) is 0 Å². The Bertz CT molecular complexity index is 780. The quantitative estimate of drug-likeness (QED) is 0.529. The molecule has 2 aliphatic heterocycles. The zero-order chi connectivity index (χ0) is 15.4. The van der Waals surface area contributed by atoms with E-state index < -0.39 is 33.7 Å². The van der Waals surface area contributed by atoms with Crippen LogP contribution in [0.1, 0.15) is 11.8 Å². The Balaban J connectivity index is 1.79. The van der Waals surface area contributed by atoms with Gasteiger partial charge in [-0.3, -0.25) is 18.5 Å². The predicted octanol–water partition coefficient (Wildman–Crippen LogP) is -1.51. The van der Waals surface area contributed by atoms with Gasteiger partial charge < -0.3 is 9.47 Å². The van der Waals surface area contributed by atoms with Crippen LogP contribution in [0.2, 0.25) is 0 Å². The molecule has 4 atom stereocenters. The third-order valence-electron chi connectivity index (χ3n) is 3.39. The molecule has 1 N–H and O–H groups in total. The number of epoxide rings is 1. The minimum atomic E-state index is -3.57. The fourth-order valence-electron chi connectivity index (χ4n) is 2.32. The highest BCUT2D eigenvalue weighted by Crippen LogP contribution is 2.44. The number of H-pyrrole nitrogens is 1. The number of hydrogen-bond acceptors (Lipinski definition) is 7. The van der Waals surface area contributed by atoms with E-state index in [1.165, 1.54) is 10.8 Å². The van der Waals surface area contributed by atoms with Gasteiger partial charge >= 0.3 is 5.69 Å². The number of nitrogens with one attached hydrogen (secondary N) is 1. The molecular weight excluding hydrogens is 304 g/mol. The van der Waals surface area contributed by atoms with E-state index in [1.807, 2.05) is 0 Å². The van der Waals surface area contributed by atoms with Crippen LogP contribution in [0.15, 0.2) is 15.8 Å². The van der Waals surface area contributed by atoms with Crippen molar-refractivity contribution in [1.29, 1.82) is 0 Å². The lowest BCUT2D eigenvalue weighted by molar-refractivity contribution is -0.0815. The van der Waals surface area contributed by atoms with Crippen molar-refractivity contribution in [2.45, 2.75) is 31.5 Å². The smallest absolute Gasteiger partial charge is 0.330 e. The van der Waals surface area contributed by atoms with Crippen LogP contribution < -0.4 is 11.2 Å². The van der Waals surface area contributed by atoms with E-state index in [0.29, 0.717) is 5.56 Å². The molecule has 3 heterocycles. The number of ether oxygens (including phenoxy) is 2. The van der Waals surface area contributed by atoms with Crippen molar-refractivity contribution in [3.63, 3.8) is 0 Å². The van der Waals surface area contributed by atoms with Gasteiger partial charge in [-0.1, -0.05) is 0 Å². The van der Waals surface area contributed by atoms with Gasteiger partial charge in [0.25, 0.3) is 15.7 Å². The molecule has 0 spiro atoms. The molecule has 116 valence electrons. The van der Waals surface area contributed by atoms with Crippen LogP contribution >= 0.6 is 0 Å². The average Bonchev–Trinajstić information content (AvgIpc) is 3.07. The Labute approximate surface area is 119 Å². The summed E-state index contributed by atoms with van der Waals surface area (Å²) in [5, 5.41) is 0. The Morgan fingerprint density at radius 2 is 2.05 bits per heavy atom. The van der Waals surface area contributed by atoms with Crippen molar-refractivity contribution in [2.24, 2.45) is 0 Å². The van der Waals surface area contributed by atoms with Gasteiger partial charge in [-0.05, 0) is 6.92 Å².